The van der Waals surface area contributed by atoms with Crippen molar-refractivity contribution in [2.75, 3.05) is 12.8 Å². The first kappa shape index (κ1) is 17.6. The molecular weight excluding hydrogens is 272 g/mol. The Morgan fingerprint density at radius 1 is 1.40 bits per heavy atom. The van der Waals surface area contributed by atoms with Crippen molar-refractivity contribution in [1.29, 1.82) is 0 Å². The van der Waals surface area contributed by atoms with Crippen LogP contribution in [-0.4, -0.2) is 41.3 Å². The average molecular weight is 302 g/mol. The van der Waals surface area contributed by atoms with E-state index in [4.69, 9.17) is 0 Å². The van der Waals surface area contributed by atoms with E-state index in [1.807, 2.05) is 39.5 Å². The summed E-state index contributed by atoms with van der Waals surface area (Å²) in [6.45, 7) is 8.44. The molecule has 0 heterocycles. The summed E-state index contributed by atoms with van der Waals surface area (Å²) in [4.78, 5) is 11.9. The van der Waals surface area contributed by atoms with Crippen LogP contribution in [0.1, 0.15) is 47.0 Å². The van der Waals surface area contributed by atoms with Crippen molar-refractivity contribution < 1.29 is 9.90 Å². The topological polar surface area (TPSA) is 61.4 Å². The summed E-state index contributed by atoms with van der Waals surface area (Å²) in [5.41, 5.74) is -0.316. The Kier molecular flexibility index (Phi) is 6.65. The van der Waals surface area contributed by atoms with Crippen molar-refractivity contribution in [2.45, 2.75) is 64.4 Å². The number of carbonyl (C=O) groups is 1. The third-order valence-electron chi connectivity index (χ3n) is 4.19. The zero-order valence-electron chi connectivity index (χ0n) is 13.4. The fraction of sp³-hybridized carbons (Fsp3) is 0.933. The van der Waals surface area contributed by atoms with Gasteiger partial charge in [0.25, 0.3) is 0 Å². The first-order valence-electron chi connectivity index (χ1n) is 7.51. The van der Waals surface area contributed by atoms with Gasteiger partial charge in [-0.1, -0.05) is 27.7 Å². The molecule has 0 unspecified atom stereocenters. The lowest BCUT2D eigenvalue weighted by atomic mass is 9.81. The van der Waals surface area contributed by atoms with Gasteiger partial charge in [0.05, 0.1) is 6.10 Å². The van der Waals surface area contributed by atoms with E-state index in [1.54, 1.807) is 0 Å². The minimum Gasteiger partial charge on any atom is -0.392 e. The summed E-state index contributed by atoms with van der Waals surface area (Å²) >= 11 is 1.88. The summed E-state index contributed by atoms with van der Waals surface area (Å²) in [6.07, 6.45) is 5.02. The molecule has 20 heavy (non-hydrogen) atoms. The molecule has 0 radical (unpaired) electrons. The van der Waals surface area contributed by atoms with E-state index in [2.05, 4.69) is 16.9 Å². The van der Waals surface area contributed by atoms with Crippen LogP contribution in [-0.2, 0) is 0 Å². The van der Waals surface area contributed by atoms with E-state index in [0.29, 0.717) is 17.8 Å². The molecule has 0 aliphatic heterocycles. The largest absolute Gasteiger partial charge is 0.392 e. The minimum absolute atomic E-state index is 0.110. The van der Waals surface area contributed by atoms with Gasteiger partial charge in [0.2, 0.25) is 0 Å². The Morgan fingerprint density at radius 2 is 2.05 bits per heavy atom. The molecule has 0 aromatic rings. The van der Waals surface area contributed by atoms with Gasteiger partial charge < -0.3 is 15.7 Å². The van der Waals surface area contributed by atoms with E-state index in [-0.39, 0.29) is 17.4 Å². The number of carbonyl (C=O) groups excluding carboxylic acids is 1. The monoisotopic (exact) mass is 302 g/mol. The summed E-state index contributed by atoms with van der Waals surface area (Å²) in [6, 6.07) is 0.186. The van der Waals surface area contributed by atoms with E-state index < -0.39 is 6.10 Å². The quantitative estimate of drug-likeness (QED) is 0.707. The molecule has 1 aliphatic carbocycles. The predicted octanol–water partition coefficient (Wildman–Crippen LogP) is 2.61. The van der Waals surface area contributed by atoms with Gasteiger partial charge in [0, 0.05) is 23.3 Å². The van der Waals surface area contributed by atoms with Crippen molar-refractivity contribution in [1.82, 2.24) is 10.6 Å². The van der Waals surface area contributed by atoms with Gasteiger partial charge in [0.15, 0.2) is 0 Å². The average Bonchev–Trinajstić information content (AvgIpc) is 2.83. The molecule has 0 aromatic heterocycles. The van der Waals surface area contributed by atoms with Crippen LogP contribution in [0.4, 0.5) is 4.79 Å². The normalized spacial score (nSPS) is 24.8. The standard InChI is InChI=1S/C15H30N2O2S/c1-10(2)13(18)15(3,4)9-16-14(19)17-11-6-7-12(8-11)20-5/h10-13,18H,6-9H2,1-5H3,(H2,16,17,19)/t11-,12-,13+/m1/s1. The van der Waals surface area contributed by atoms with Crippen LogP contribution in [0, 0.1) is 11.3 Å². The number of aliphatic hydroxyl groups is 1. The van der Waals surface area contributed by atoms with Gasteiger partial charge >= 0.3 is 6.03 Å². The number of thioether (sulfide) groups is 1. The van der Waals surface area contributed by atoms with Gasteiger partial charge in [-0.2, -0.15) is 11.8 Å². The molecule has 0 spiro atoms. The summed E-state index contributed by atoms with van der Waals surface area (Å²) in [7, 11) is 0. The van der Waals surface area contributed by atoms with E-state index in [1.165, 1.54) is 6.42 Å². The Labute approximate surface area is 127 Å². The lowest BCUT2D eigenvalue weighted by molar-refractivity contribution is 0.0151. The van der Waals surface area contributed by atoms with Crippen molar-refractivity contribution in [3.8, 4) is 0 Å². The smallest absolute Gasteiger partial charge is 0.315 e. The SMILES string of the molecule is CS[C@@H]1CC[C@@H](NC(=O)NCC(C)(C)[C@@H](O)C(C)C)C1. The molecule has 3 atom stereocenters. The molecule has 5 heteroatoms. The van der Waals surface area contributed by atoms with Crippen LogP contribution < -0.4 is 10.6 Å². The minimum atomic E-state index is -0.421. The zero-order valence-corrected chi connectivity index (χ0v) is 14.2. The highest BCUT2D eigenvalue weighted by molar-refractivity contribution is 7.99. The molecule has 1 aliphatic rings. The molecule has 1 saturated carbocycles. The summed E-state index contributed by atoms with van der Waals surface area (Å²) in [5, 5.41) is 16.8. The fourth-order valence-corrected chi connectivity index (χ4v) is 3.63. The van der Waals surface area contributed by atoms with E-state index in [0.717, 1.165) is 12.8 Å². The van der Waals surface area contributed by atoms with Gasteiger partial charge in [-0.15, -0.1) is 0 Å². The number of amides is 2. The molecule has 0 aromatic carbocycles. The summed E-state index contributed by atoms with van der Waals surface area (Å²) in [5.74, 6) is 0.187. The first-order chi connectivity index (χ1) is 9.26. The van der Waals surface area contributed by atoms with Crippen molar-refractivity contribution in [3.05, 3.63) is 0 Å². The highest BCUT2D eigenvalue weighted by Crippen LogP contribution is 2.28. The Morgan fingerprint density at radius 3 is 2.55 bits per heavy atom. The maximum absolute atomic E-state index is 11.9. The second-order valence-corrected chi connectivity index (χ2v) is 8.01. The third kappa shape index (κ3) is 5.17. The fourth-order valence-electron chi connectivity index (χ4n) is 2.84. The van der Waals surface area contributed by atoms with Crippen LogP contribution in [0.5, 0.6) is 0 Å². The molecular formula is C15H30N2O2S. The second-order valence-electron chi connectivity index (χ2n) is 6.87. The Hall–Kier alpha value is -0.420. The number of hydrogen-bond acceptors (Lipinski definition) is 3. The number of hydrogen-bond donors (Lipinski definition) is 3. The number of nitrogens with one attached hydrogen (secondary N) is 2. The molecule has 1 fully saturated rings. The van der Waals surface area contributed by atoms with E-state index in [9.17, 15) is 9.90 Å². The van der Waals surface area contributed by atoms with Gasteiger partial charge in [-0.25, -0.2) is 4.79 Å². The Bertz CT molecular complexity index is 321. The molecule has 0 bridgehead atoms. The zero-order chi connectivity index (χ0) is 15.3. The molecule has 3 N–H and O–H groups in total. The lowest BCUT2D eigenvalue weighted by Crippen LogP contribution is -2.48. The van der Waals surface area contributed by atoms with Gasteiger partial charge in [-0.05, 0) is 31.4 Å². The molecule has 2 amide bonds. The molecule has 118 valence electrons. The Balaban J connectivity index is 2.33. The van der Waals surface area contributed by atoms with E-state index >= 15 is 0 Å². The van der Waals surface area contributed by atoms with Crippen molar-refractivity contribution in [2.24, 2.45) is 11.3 Å². The lowest BCUT2D eigenvalue weighted by Gasteiger charge is -2.33. The highest BCUT2D eigenvalue weighted by Gasteiger charge is 2.31. The van der Waals surface area contributed by atoms with Crippen LogP contribution >= 0.6 is 11.8 Å². The summed E-state index contributed by atoms with van der Waals surface area (Å²) < 4.78 is 0. The van der Waals surface area contributed by atoms with Crippen LogP contribution in [0.25, 0.3) is 0 Å². The van der Waals surface area contributed by atoms with Gasteiger partial charge in [0.1, 0.15) is 0 Å². The maximum Gasteiger partial charge on any atom is 0.315 e. The second kappa shape index (κ2) is 7.55. The van der Waals surface area contributed by atoms with Crippen LogP contribution in [0.2, 0.25) is 0 Å². The van der Waals surface area contributed by atoms with Crippen LogP contribution in [0.15, 0.2) is 0 Å². The number of rotatable bonds is 6. The predicted molar refractivity (Wildman–Crippen MR) is 86.1 cm³/mol. The van der Waals surface area contributed by atoms with Gasteiger partial charge in [-0.3, -0.25) is 0 Å². The molecule has 0 saturated heterocycles. The number of urea groups is 1. The maximum atomic E-state index is 11.9. The number of aliphatic hydroxyl groups excluding tert-OH is 1. The molecule has 1 rings (SSSR count). The van der Waals surface area contributed by atoms with Crippen LogP contribution in [0.3, 0.4) is 0 Å². The highest BCUT2D eigenvalue weighted by atomic mass is 32.2. The third-order valence-corrected chi connectivity index (χ3v) is 5.28. The first-order valence-corrected chi connectivity index (χ1v) is 8.80. The van der Waals surface area contributed by atoms with Crippen molar-refractivity contribution in [3.63, 3.8) is 0 Å². The van der Waals surface area contributed by atoms with Crippen molar-refractivity contribution >= 4 is 17.8 Å². The molecule has 4 nitrogen and oxygen atoms in total.